The van der Waals surface area contributed by atoms with Gasteiger partial charge in [0.2, 0.25) is 0 Å². The minimum absolute atomic E-state index is 0.0853. The molecule has 0 radical (unpaired) electrons. The molecule has 0 saturated heterocycles. The Hall–Kier alpha value is -2.41. The molecule has 3 aromatic rings. The van der Waals surface area contributed by atoms with E-state index < -0.39 is 11.7 Å². The van der Waals surface area contributed by atoms with Crippen molar-refractivity contribution >= 4 is 5.65 Å². The summed E-state index contributed by atoms with van der Waals surface area (Å²) in [4.78, 5) is 0. The Labute approximate surface area is 160 Å². The highest BCUT2D eigenvalue weighted by Crippen LogP contribution is 2.41. The van der Waals surface area contributed by atoms with Gasteiger partial charge in [-0.15, -0.1) is 10.2 Å². The molecule has 1 aromatic carbocycles. The Morgan fingerprint density at radius 3 is 2.57 bits per heavy atom. The second-order valence-corrected chi connectivity index (χ2v) is 7.91. The lowest BCUT2D eigenvalue weighted by Crippen LogP contribution is -2.21. The van der Waals surface area contributed by atoms with Gasteiger partial charge in [-0.2, -0.15) is 13.2 Å². The largest absolute Gasteiger partial charge is 0.420 e. The summed E-state index contributed by atoms with van der Waals surface area (Å²) in [5, 5.41) is 11.2. The van der Waals surface area contributed by atoms with Gasteiger partial charge >= 0.3 is 6.18 Å². The maximum Gasteiger partial charge on any atom is 0.420 e. The molecular formula is C21H21F3N4. The van der Waals surface area contributed by atoms with Crippen LogP contribution in [0, 0.1) is 5.92 Å². The van der Waals surface area contributed by atoms with Gasteiger partial charge in [0.25, 0.3) is 0 Å². The van der Waals surface area contributed by atoms with Crippen LogP contribution in [0.3, 0.4) is 0 Å². The van der Waals surface area contributed by atoms with Crippen LogP contribution in [0.4, 0.5) is 13.2 Å². The molecule has 7 heteroatoms. The molecule has 5 rings (SSSR count). The van der Waals surface area contributed by atoms with Crippen molar-refractivity contribution in [3.05, 3.63) is 65.1 Å². The zero-order valence-electron chi connectivity index (χ0n) is 15.3. The average Bonchev–Trinajstić information content (AvgIpc) is 3.58. The van der Waals surface area contributed by atoms with E-state index in [0.29, 0.717) is 24.1 Å². The summed E-state index contributed by atoms with van der Waals surface area (Å²) in [7, 11) is 0. The van der Waals surface area contributed by atoms with Gasteiger partial charge in [0.05, 0.1) is 0 Å². The van der Waals surface area contributed by atoms with Gasteiger partial charge in [0.15, 0.2) is 5.65 Å². The molecule has 4 nitrogen and oxygen atoms in total. The summed E-state index contributed by atoms with van der Waals surface area (Å²) in [6, 6.07) is 11.9. The molecule has 2 aliphatic rings. The Bertz CT molecular complexity index is 992. The normalized spacial score (nSPS) is 22.0. The van der Waals surface area contributed by atoms with Crippen LogP contribution in [0.2, 0.25) is 0 Å². The van der Waals surface area contributed by atoms with E-state index in [0.717, 1.165) is 19.3 Å². The van der Waals surface area contributed by atoms with Crippen molar-refractivity contribution < 1.29 is 13.2 Å². The molecule has 2 unspecified atom stereocenters. The Morgan fingerprint density at radius 2 is 1.86 bits per heavy atom. The second-order valence-electron chi connectivity index (χ2n) is 7.91. The van der Waals surface area contributed by atoms with Crippen molar-refractivity contribution in [3.63, 3.8) is 0 Å². The van der Waals surface area contributed by atoms with Crippen LogP contribution in [-0.4, -0.2) is 20.6 Å². The fourth-order valence-electron chi connectivity index (χ4n) is 3.95. The maximum absolute atomic E-state index is 13.8. The van der Waals surface area contributed by atoms with Gasteiger partial charge < -0.3 is 5.32 Å². The lowest BCUT2D eigenvalue weighted by molar-refractivity contribution is -0.137. The first-order valence-electron chi connectivity index (χ1n) is 9.71. The molecule has 2 saturated carbocycles. The van der Waals surface area contributed by atoms with Crippen LogP contribution in [0.5, 0.6) is 0 Å². The number of hydrogen-bond donors (Lipinski definition) is 1. The van der Waals surface area contributed by atoms with Crippen molar-refractivity contribution in [2.45, 2.75) is 50.4 Å². The quantitative estimate of drug-likeness (QED) is 0.685. The highest BCUT2D eigenvalue weighted by atomic mass is 19.4. The van der Waals surface area contributed by atoms with E-state index in [2.05, 4.69) is 27.6 Å². The number of fused-ring (bicyclic) bond motifs is 1. The van der Waals surface area contributed by atoms with Crippen molar-refractivity contribution in [3.8, 4) is 0 Å². The summed E-state index contributed by atoms with van der Waals surface area (Å²) < 4.78 is 43.0. The van der Waals surface area contributed by atoms with Crippen LogP contribution in [0.15, 0.2) is 42.6 Å². The van der Waals surface area contributed by atoms with E-state index in [1.54, 1.807) is 12.3 Å². The number of nitrogens with zero attached hydrogens (tertiary/aromatic N) is 3. The second kappa shape index (κ2) is 6.58. The van der Waals surface area contributed by atoms with Gasteiger partial charge in [0, 0.05) is 31.1 Å². The Morgan fingerprint density at radius 1 is 1.07 bits per heavy atom. The number of benzene rings is 1. The van der Waals surface area contributed by atoms with Gasteiger partial charge in [-0.1, -0.05) is 30.3 Å². The zero-order chi connectivity index (χ0) is 19.3. The maximum atomic E-state index is 13.8. The summed E-state index contributed by atoms with van der Waals surface area (Å²) in [6.07, 6.45) is 1.09. The first kappa shape index (κ1) is 17.7. The highest BCUT2D eigenvalue weighted by molar-refractivity contribution is 5.53. The lowest BCUT2D eigenvalue weighted by Gasteiger charge is -2.15. The summed E-state index contributed by atoms with van der Waals surface area (Å²) in [5.74, 6) is 1.53. The fourth-order valence-corrected chi connectivity index (χ4v) is 3.95. The number of nitrogens with one attached hydrogen (secondary N) is 1. The van der Waals surface area contributed by atoms with E-state index in [-0.39, 0.29) is 23.8 Å². The molecule has 2 heterocycles. The van der Waals surface area contributed by atoms with Crippen LogP contribution in [-0.2, 0) is 19.1 Å². The fraction of sp³-hybridized carbons (Fsp3) is 0.429. The predicted octanol–water partition coefficient (Wildman–Crippen LogP) is 4.35. The number of pyridine rings is 1. The van der Waals surface area contributed by atoms with Crippen LogP contribution in [0.1, 0.15) is 47.7 Å². The van der Waals surface area contributed by atoms with E-state index in [1.807, 2.05) is 18.2 Å². The lowest BCUT2D eigenvalue weighted by atomic mass is 10.1. The van der Waals surface area contributed by atoms with Crippen LogP contribution < -0.4 is 5.32 Å². The molecule has 2 fully saturated rings. The average molecular weight is 386 g/mol. The minimum Gasteiger partial charge on any atom is -0.309 e. The number of alkyl halides is 3. The molecule has 28 heavy (non-hydrogen) atoms. The van der Waals surface area contributed by atoms with Crippen molar-refractivity contribution in [1.29, 1.82) is 0 Å². The Kier molecular flexibility index (Phi) is 4.16. The number of rotatable bonds is 6. The number of hydrogen-bond acceptors (Lipinski definition) is 3. The molecule has 2 atom stereocenters. The first-order chi connectivity index (χ1) is 13.5. The van der Waals surface area contributed by atoms with Gasteiger partial charge in [-0.3, -0.25) is 4.40 Å². The standard InChI is InChI=1S/C21H21F3N4/c22-21(23,24)19-15(12-25-17-11-16(17)14-4-2-1-3-5-14)8-9-28-18(10-13-6-7-13)26-27-20(19)28/h1-5,8-9,13,16-17,25H,6-7,10-12H2. The summed E-state index contributed by atoms with van der Waals surface area (Å²) in [6.45, 7) is 0.171. The number of aromatic nitrogens is 3. The Balaban J connectivity index is 1.38. The van der Waals surface area contributed by atoms with E-state index in [1.165, 1.54) is 9.96 Å². The molecular weight excluding hydrogens is 365 g/mol. The summed E-state index contributed by atoms with van der Waals surface area (Å²) >= 11 is 0. The molecule has 0 spiro atoms. The van der Waals surface area contributed by atoms with E-state index in [4.69, 9.17) is 0 Å². The smallest absolute Gasteiger partial charge is 0.309 e. The highest BCUT2D eigenvalue weighted by Gasteiger charge is 2.40. The third kappa shape index (κ3) is 3.39. The first-order valence-corrected chi connectivity index (χ1v) is 9.71. The zero-order valence-corrected chi connectivity index (χ0v) is 15.3. The van der Waals surface area contributed by atoms with Gasteiger partial charge in [-0.25, -0.2) is 0 Å². The van der Waals surface area contributed by atoms with E-state index in [9.17, 15) is 13.2 Å². The third-order valence-corrected chi connectivity index (χ3v) is 5.76. The number of halogens is 3. The molecule has 0 aliphatic heterocycles. The van der Waals surface area contributed by atoms with Crippen molar-refractivity contribution in [1.82, 2.24) is 19.9 Å². The van der Waals surface area contributed by atoms with Crippen molar-refractivity contribution in [2.24, 2.45) is 5.92 Å². The molecule has 146 valence electrons. The monoisotopic (exact) mass is 386 g/mol. The topological polar surface area (TPSA) is 42.2 Å². The van der Waals surface area contributed by atoms with Crippen molar-refractivity contribution in [2.75, 3.05) is 0 Å². The predicted molar refractivity (Wildman–Crippen MR) is 98.8 cm³/mol. The third-order valence-electron chi connectivity index (χ3n) is 5.76. The molecule has 2 aliphatic carbocycles. The van der Waals surface area contributed by atoms with Gasteiger partial charge in [0.1, 0.15) is 11.4 Å². The SMILES string of the molecule is FC(F)(F)c1c(CNC2CC2c2ccccc2)ccn2c(CC3CC3)nnc12. The van der Waals surface area contributed by atoms with Gasteiger partial charge in [-0.05, 0) is 42.4 Å². The molecule has 0 amide bonds. The van der Waals surface area contributed by atoms with Crippen LogP contribution >= 0.6 is 0 Å². The van der Waals surface area contributed by atoms with Crippen LogP contribution in [0.25, 0.3) is 5.65 Å². The summed E-state index contributed by atoms with van der Waals surface area (Å²) in [5.41, 5.74) is 0.699. The van der Waals surface area contributed by atoms with E-state index >= 15 is 0 Å². The minimum atomic E-state index is -4.47. The molecule has 2 aromatic heterocycles. The molecule has 0 bridgehead atoms. The molecule has 1 N–H and O–H groups in total.